The first-order valence-corrected chi connectivity index (χ1v) is 10.5. The van der Waals surface area contributed by atoms with Gasteiger partial charge in [0.2, 0.25) is 9.84 Å². The lowest BCUT2D eigenvalue weighted by Crippen LogP contribution is -2.12. The third-order valence-corrected chi connectivity index (χ3v) is 6.33. The molecule has 0 saturated heterocycles. The number of rotatable bonds is 3. The first kappa shape index (κ1) is 23.0. The SMILES string of the molecule is CC(C)(C)c1cc(/C=C(\C#N)S(=O)(=O)c2cccc(C(F)(F)F)c2)cc(Br)c1O. The van der Waals surface area contributed by atoms with Gasteiger partial charge >= 0.3 is 6.18 Å². The van der Waals surface area contributed by atoms with Crippen molar-refractivity contribution in [3.8, 4) is 11.8 Å². The van der Waals surface area contributed by atoms with Gasteiger partial charge in [-0.2, -0.15) is 18.4 Å². The van der Waals surface area contributed by atoms with E-state index in [1.807, 2.05) is 20.8 Å². The zero-order chi connectivity index (χ0) is 22.2. The molecule has 0 aliphatic carbocycles. The molecule has 2 rings (SSSR count). The van der Waals surface area contributed by atoms with Crippen LogP contribution in [0.2, 0.25) is 0 Å². The molecule has 9 heteroatoms. The Balaban J connectivity index is 2.64. The number of nitrogens with zero attached hydrogens (tertiary/aromatic N) is 1. The average molecular weight is 488 g/mol. The van der Waals surface area contributed by atoms with Gasteiger partial charge in [-0.15, -0.1) is 0 Å². The quantitative estimate of drug-likeness (QED) is 0.554. The van der Waals surface area contributed by atoms with E-state index >= 15 is 0 Å². The summed E-state index contributed by atoms with van der Waals surface area (Å²) in [5.41, 5.74) is -0.805. The highest BCUT2D eigenvalue weighted by atomic mass is 79.9. The van der Waals surface area contributed by atoms with Crippen LogP contribution >= 0.6 is 15.9 Å². The highest BCUT2D eigenvalue weighted by molar-refractivity contribution is 9.10. The predicted molar refractivity (Wildman–Crippen MR) is 107 cm³/mol. The molecule has 29 heavy (non-hydrogen) atoms. The Morgan fingerprint density at radius 1 is 1.17 bits per heavy atom. The van der Waals surface area contributed by atoms with Crippen molar-refractivity contribution in [3.05, 3.63) is 62.5 Å². The molecule has 0 saturated carbocycles. The summed E-state index contributed by atoms with van der Waals surface area (Å²) in [5.74, 6) is -0.0195. The minimum absolute atomic E-state index is 0.0195. The van der Waals surface area contributed by atoms with Gasteiger partial charge in [-0.05, 0) is 63.3 Å². The molecular weight excluding hydrogens is 471 g/mol. The van der Waals surface area contributed by atoms with E-state index in [9.17, 15) is 32.0 Å². The number of aromatic hydroxyl groups is 1. The maximum absolute atomic E-state index is 12.9. The number of allylic oxidation sites excluding steroid dienone is 1. The Morgan fingerprint density at radius 2 is 1.79 bits per heavy atom. The molecule has 1 N–H and O–H groups in total. The van der Waals surface area contributed by atoms with Crippen molar-refractivity contribution in [2.75, 3.05) is 0 Å². The van der Waals surface area contributed by atoms with Gasteiger partial charge in [0.1, 0.15) is 16.7 Å². The van der Waals surface area contributed by atoms with Crippen LogP contribution < -0.4 is 0 Å². The van der Waals surface area contributed by atoms with E-state index in [2.05, 4.69) is 15.9 Å². The summed E-state index contributed by atoms with van der Waals surface area (Å²) in [6.45, 7) is 5.52. The molecule has 0 aromatic heterocycles. The van der Waals surface area contributed by atoms with Crippen LogP contribution in [0, 0.1) is 11.3 Å². The van der Waals surface area contributed by atoms with Gasteiger partial charge in [0.15, 0.2) is 0 Å². The molecule has 0 atom stereocenters. The summed E-state index contributed by atoms with van der Waals surface area (Å²) >= 11 is 3.19. The highest BCUT2D eigenvalue weighted by Crippen LogP contribution is 2.38. The maximum Gasteiger partial charge on any atom is 0.416 e. The van der Waals surface area contributed by atoms with Crippen molar-refractivity contribution in [1.82, 2.24) is 0 Å². The van der Waals surface area contributed by atoms with Crippen LogP contribution in [0.25, 0.3) is 6.08 Å². The largest absolute Gasteiger partial charge is 0.506 e. The van der Waals surface area contributed by atoms with Crippen molar-refractivity contribution < 1.29 is 26.7 Å². The average Bonchev–Trinajstić information content (AvgIpc) is 2.60. The Labute approximate surface area is 175 Å². The third kappa shape index (κ3) is 5.00. The summed E-state index contributed by atoms with van der Waals surface area (Å²) < 4.78 is 64.6. The lowest BCUT2D eigenvalue weighted by molar-refractivity contribution is -0.137. The summed E-state index contributed by atoms with van der Waals surface area (Å²) in [5, 5.41) is 19.6. The lowest BCUT2D eigenvalue weighted by Gasteiger charge is -2.21. The fraction of sp³-hybridized carbons (Fsp3) is 0.250. The standard InChI is InChI=1S/C20H17BrF3NO3S/c1-19(2,3)16-8-12(9-17(21)18(16)26)7-15(11-25)29(27,28)14-6-4-5-13(10-14)20(22,23)24/h4-10,26H,1-3H3/b15-7+. The van der Waals surface area contributed by atoms with Gasteiger partial charge in [-0.3, -0.25) is 0 Å². The Bertz CT molecular complexity index is 1130. The molecule has 0 heterocycles. The second kappa shape index (κ2) is 7.84. The van der Waals surface area contributed by atoms with Crippen LogP contribution in [0.3, 0.4) is 0 Å². The Hall–Kier alpha value is -2.31. The van der Waals surface area contributed by atoms with E-state index in [0.29, 0.717) is 21.7 Å². The molecule has 0 radical (unpaired) electrons. The minimum Gasteiger partial charge on any atom is -0.506 e. The Kier molecular flexibility index (Phi) is 6.21. The molecule has 0 aliphatic heterocycles. The number of halogens is 4. The van der Waals surface area contributed by atoms with Gasteiger partial charge in [0.25, 0.3) is 0 Å². The van der Waals surface area contributed by atoms with Crippen LogP contribution in [0.4, 0.5) is 13.2 Å². The van der Waals surface area contributed by atoms with Crippen LogP contribution in [0.15, 0.2) is 50.7 Å². The van der Waals surface area contributed by atoms with Gasteiger partial charge in [-0.1, -0.05) is 26.8 Å². The number of hydrogen-bond donors (Lipinski definition) is 1. The second-order valence-electron chi connectivity index (χ2n) is 7.30. The topological polar surface area (TPSA) is 78.2 Å². The highest BCUT2D eigenvalue weighted by Gasteiger charge is 2.32. The molecule has 0 spiro atoms. The number of alkyl halides is 3. The van der Waals surface area contributed by atoms with E-state index in [1.54, 1.807) is 6.07 Å². The maximum atomic E-state index is 12.9. The fourth-order valence-electron chi connectivity index (χ4n) is 2.56. The van der Waals surface area contributed by atoms with Crippen molar-refractivity contribution in [2.24, 2.45) is 0 Å². The number of sulfone groups is 1. The molecule has 0 unspecified atom stereocenters. The summed E-state index contributed by atoms with van der Waals surface area (Å²) in [4.78, 5) is -1.34. The van der Waals surface area contributed by atoms with Gasteiger partial charge in [-0.25, -0.2) is 8.42 Å². The number of benzene rings is 2. The molecule has 4 nitrogen and oxygen atoms in total. The second-order valence-corrected chi connectivity index (χ2v) is 10.1. The first-order chi connectivity index (χ1) is 13.2. The van der Waals surface area contributed by atoms with Crippen molar-refractivity contribution in [2.45, 2.75) is 37.3 Å². The van der Waals surface area contributed by atoms with E-state index < -0.39 is 36.8 Å². The fourth-order valence-corrected chi connectivity index (χ4v) is 4.25. The zero-order valence-corrected chi connectivity index (χ0v) is 18.1. The molecule has 154 valence electrons. The first-order valence-electron chi connectivity index (χ1n) is 8.25. The van der Waals surface area contributed by atoms with Gasteiger partial charge in [0.05, 0.1) is 14.9 Å². The van der Waals surface area contributed by atoms with Gasteiger partial charge < -0.3 is 5.11 Å². The zero-order valence-electron chi connectivity index (χ0n) is 15.7. The molecule has 2 aromatic carbocycles. The number of nitriles is 1. The summed E-state index contributed by atoms with van der Waals surface area (Å²) in [6, 6.07) is 7.72. The van der Waals surface area contributed by atoms with Crippen molar-refractivity contribution in [3.63, 3.8) is 0 Å². The smallest absolute Gasteiger partial charge is 0.416 e. The van der Waals surface area contributed by atoms with Crippen LogP contribution in [0.5, 0.6) is 5.75 Å². The molecule has 0 fully saturated rings. The van der Waals surface area contributed by atoms with Crippen LogP contribution in [-0.2, 0) is 21.4 Å². The number of hydrogen-bond acceptors (Lipinski definition) is 4. The monoisotopic (exact) mass is 487 g/mol. The van der Waals surface area contributed by atoms with E-state index in [0.717, 1.165) is 24.3 Å². The van der Waals surface area contributed by atoms with Crippen LogP contribution in [0.1, 0.15) is 37.5 Å². The lowest BCUT2D eigenvalue weighted by atomic mass is 9.85. The molecule has 0 aliphatic rings. The Morgan fingerprint density at radius 3 is 2.31 bits per heavy atom. The van der Waals surface area contributed by atoms with E-state index in [4.69, 9.17) is 0 Å². The predicted octanol–water partition coefficient (Wildman–Crippen LogP) is 5.81. The molecule has 0 bridgehead atoms. The molecular formula is C20H17BrF3NO3S. The number of phenols is 1. The molecule has 2 aromatic rings. The molecule has 0 amide bonds. The van der Waals surface area contributed by atoms with Crippen molar-refractivity contribution in [1.29, 1.82) is 5.26 Å². The van der Waals surface area contributed by atoms with Gasteiger partial charge in [0, 0.05) is 5.56 Å². The van der Waals surface area contributed by atoms with Crippen LogP contribution in [-0.4, -0.2) is 13.5 Å². The summed E-state index contributed by atoms with van der Waals surface area (Å²) in [7, 11) is -4.48. The minimum atomic E-state index is -4.72. The van der Waals surface area contributed by atoms with E-state index in [-0.39, 0.29) is 5.75 Å². The van der Waals surface area contributed by atoms with Crippen molar-refractivity contribution >= 4 is 31.8 Å². The number of phenolic OH excluding ortho intramolecular Hbond substituents is 1. The summed E-state index contributed by atoms with van der Waals surface area (Å²) in [6.07, 6.45) is -3.65. The normalized spacial score (nSPS) is 13.2. The van der Waals surface area contributed by atoms with E-state index in [1.165, 1.54) is 12.1 Å². The third-order valence-electron chi connectivity index (χ3n) is 4.06.